The van der Waals surface area contributed by atoms with E-state index in [-0.39, 0.29) is 0 Å². The molecule has 0 fully saturated rings. The molecule has 1 unspecified atom stereocenters. The largest absolute Gasteiger partial charge is 0.329 e. The van der Waals surface area contributed by atoms with Gasteiger partial charge in [0, 0.05) is 31.6 Å². The molecule has 0 aromatic heterocycles. The lowest BCUT2D eigenvalue weighted by Crippen LogP contribution is -2.22. The number of thioether (sulfide) groups is 1. The number of nitrogens with two attached hydrogens (primary N) is 1. The van der Waals surface area contributed by atoms with Gasteiger partial charge in [-0.2, -0.15) is 11.8 Å². The maximum Gasteiger partial charge on any atom is 0.242 e. The number of hydrogen-bond acceptors (Lipinski definition) is 4. The van der Waals surface area contributed by atoms with Crippen molar-refractivity contribution >= 4 is 21.8 Å². The van der Waals surface area contributed by atoms with E-state index in [9.17, 15) is 8.42 Å². The Hall–Kier alpha value is -0.560. The molecule has 1 atom stereocenters. The summed E-state index contributed by atoms with van der Waals surface area (Å²) in [5.74, 6) is 0.773. The Morgan fingerprint density at radius 2 is 2.06 bits per heavy atom. The van der Waals surface area contributed by atoms with E-state index < -0.39 is 10.0 Å². The molecule has 0 saturated carbocycles. The lowest BCUT2D eigenvalue weighted by atomic mass is 10.2. The zero-order valence-corrected chi connectivity index (χ0v) is 12.6. The number of nitrogens with zero attached hydrogens (tertiary/aromatic N) is 1. The van der Waals surface area contributed by atoms with Gasteiger partial charge in [0.2, 0.25) is 10.0 Å². The molecule has 0 spiro atoms. The Morgan fingerprint density at radius 1 is 1.39 bits per heavy atom. The maximum absolute atomic E-state index is 12.0. The topological polar surface area (TPSA) is 63.4 Å². The van der Waals surface area contributed by atoms with E-state index in [1.54, 1.807) is 30.0 Å². The molecule has 0 aliphatic rings. The Kier molecular flexibility index (Phi) is 5.65. The van der Waals surface area contributed by atoms with Crippen molar-refractivity contribution in [3.8, 4) is 0 Å². The molecule has 0 heterocycles. The van der Waals surface area contributed by atoms with Gasteiger partial charge >= 0.3 is 0 Å². The fraction of sp³-hybridized carbons (Fsp3) is 0.500. The van der Waals surface area contributed by atoms with Crippen LogP contribution in [0.1, 0.15) is 12.5 Å². The fourth-order valence-electron chi connectivity index (χ4n) is 1.31. The van der Waals surface area contributed by atoms with Crippen LogP contribution in [-0.2, 0) is 15.8 Å². The van der Waals surface area contributed by atoms with Crippen LogP contribution in [0.4, 0.5) is 0 Å². The van der Waals surface area contributed by atoms with Gasteiger partial charge in [-0.15, -0.1) is 0 Å². The minimum absolute atomic E-state index is 0.339. The van der Waals surface area contributed by atoms with Crippen LogP contribution < -0.4 is 5.73 Å². The predicted molar refractivity (Wildman–Crippen MR) is 77.1 cm³/mol. The van der Waals surface area contributed by atoms with E-state index in [4.69, 9.17) is 5.73 Å². The Labute approximate surface area is 114 Å². The summed E-state index contributed by atoms with van der Waals surface area (Å²) in [6, 6.07) is 7.06. The van der Waals surface area contributed by atoms with E-state index in [0.29, 0.717) is 16.7 Å². The van der Waals surface area contributed by atoms with E-state index in [0.717, 1.165) is 11.3 Å². The smallest absolute Gasteiger partial charge is 0.242 e. The molecule has 0 radical (unpaired) electrons. The number of rotatable bonds is 6. The van der Waals surface area contributed by atoms with Gasteiger partial charge in [0.15, 0.2) is 0 Å². The lowest BCUT2D eigenvalue weighted by Gasteiger charge is -2.13. The van der Waals surface area contributed by atoms with Gasteiger partial charge in [-0.25, -0.2) is 12.7 Å². The monoisotopic (exact) mass is 288 g/mol. The van der Waals surface area contributed by atoms with Crippen molar-refractivity contribution in [1.82, 2.24) is 4.31 Å². The van der Waals surface area contributed by atoms with Crippen LogP contribution in [-0.4, -0.2) is 38.6 Å². The molecule has 0 saturated heterocycles. The van der Waals surface area contributed by atoms with E-state index in [2.05, 4.69) is 6.92 Å². The van der Waals surface area contributed by atoms with Gasteiger partial charge in [-0.3, -0.25) is 0 Å². The summed E-state index contributed by atoms with van der Waals surface area (Å²) < 4.78 is 25.2. The number of benzene rings is 1. The summed E-state index contributed by atoms with van der Waals surface area (Å²) in [6.45, 7) is 2.69. The molecule has 0 aliphatic carbocycles. The molecule has 6 heteroatoms. The zero-order valence-electron chi connectivity index (χ0n) is 11.0. The quantitative estimate of drug-likeness (QED) is 0.862. The summed E-state index contributed by atoms with van der Waals surface area (Å²) in [5.41, 5.74) is 6.55. The molecule has 102 valence electrons. The zero-order chi connectivity index (χ0) is 13.8. The van der Waals surface area contributed by atoms with Gasteiger partial charge in [0.25, 0.3) is 0 Å². The average molecular weight is 288 g/mol. The van der Waals surface area contributed by atoms with Gasteiger partial charge in [-0.1, -0.05) is 19.1 Å². The molecular weight excluding hydrogens is 268 g/mol. The summed E-state index contributed by atoms with van der Waals surface area (Å²) in [4.78, 5) is 0.339. The van der Waals surface area contributed by atoms with Crippen LogP contribution in [0.25, 0.3) is 0 Å². The third kappa shape index (κ3) is 3.98. The van der Waals surface area contributed by atoms with Gasteiger partial charge in [0.1, 0.15) is 0 Å². The van der Waals surface area contributed by atoms with Gasteiger partial charge in [0.05, 0.1) is 4.90 Å². The van der Waals surface area contributed by atoms with Gasteiger partial charge in [-0.05, 0) is 17.7 Å². The molecule has 1 aromatic rings. The highest BCUT2D eigenvalue weighted by atomic mass is 32.2. The molecule has 1 aromatic carbocycles. The SMILES string of the molecule is CC(CN)SCc1cccc(S(=O)(=O)N(C)C)c1. The highest BCUT2D eigenvalue weighted by molar-refractivity contribution is 7.99. The average Bonchev–Trinajstić information content (AvgIpc) is 2.36. The van der Waals surface area contributed by atoms with Crippen LogP contribution >= 0.6 is 11.8 Å². The standard InChI is InChI=1S/C12H20N2O2S2/c1-10(8-13)17-9-11-5-4-6-12(7-11)18(15,16)14(2)3/h4-7,10H,8-9,13H2,1-3H3. The highest BCUT2D eigenvalue weighted by Crippen LogP contribution is 2.20. The summed E-state index contributed by atoms with van der Waals surface area (Å²) in [7, 11) is -0.274. The number of sulfonamides is 1. The van der Waals surface area contributed by atoms with E-state index in [1.165, 1.54) is 18.4 Å². The Morgan fingerprint density at radius 3 is 2.61 bits per heavy atom. The first-order chi connectivity index (χ1) is 8.37. The summed E-state index contributed by atoms with van der Waals surface area (Å²) in [5, 5.41) is 0.374. The summed E-state index contributed by atoms with van der Waals surface area (Å²) in [6.07, 6.45) is 0. The van der Waals surface area contributed by atoms with Crippen molar-refractivity contribution in [3.05, 3.63) is 29.8 Å². The molecular formula is C12H20N2O2S2. The predicted octanol–water partition coefficient (Wildman–Crippen LogP) is 1.52. The van der Waals surface area contributed by atoms with Crippen molar-refractivity contribution in [2.75, 3.05) is 20.6 Å². The van der Waals surface area contributed by atoms with Crippen molar-refractivity contribution < 1.29 is 8.42 Å². The third-order valence-electron chi connectivity index (χ3n) is 2.54. The first kappa shape index (κ1) is 15.5. The van der Waals surface area contributed by atoms with E-state index in [1.807, 2.05) is 6.07 Å². The molecule has 1 rings (SSSR count). The van der Waals surface area contributed by atoms with Crippen LogP contribution in [0.3, 0.4) is 0 Å². The van der Waals surface area contributed by atoms with Crippen molar-refractivity contribution in [2.24, 2.45) is 5.73 Å². The van der Waals surface area contributed by atoms with Crippen LogP contribution in [0.2, 0.25) is 0 Å². The fourth-order valence-corrected chi connectivity index (χ4v) is 3.08. The minimum atomic E-state index is -3.34. The second-order valence-electron chi connectivity index (χ2n) is 4.29. The molecule has 4 nitrogen and oxygen atoms in total. The van der Waals surface area contributed by atoms with Crippen LogP contribution in [0.5, 0.6) is 0 Å². The molecule has 0 bridgehead atoms. The minimum Gasteiger partial charge on any atom is -0.329 e. The molecule has 2 N–H and O–H groups in total. The second kappa shape index (κ2) is 6.56. The second-order valence-corrected chi connectivity index (χ2v) is 7.87. The normalized spacial score (nSPS) is 13.8. The first-order valence-electron chi connectivity index (χ1n) is 5.71. The molecule has 0 amide bonds. The van der Waals surface area contributed by atoms with E-state index >= 15 is 0 Å². The Balaban J connectivity index is 2.87. The molecule has 0 aliphatic heterocycles. The number of hydrogen-bond donors (Lipinski definition) is 1. The van der Waals surface area contributed by atoms with Crippen molar-refractivity contribution in [2.45, 2.75) is 22.8 Å². The van der Waals surface area contributed by atoms with Gasteiger partial charge < -0.3 is 5.73 Å². The van der Waals surface area contributed by atoms with Crippen LogP contribution in [0.15, 0.2) is 29.2 Å². The van der Waals surface area contributed by atoms with Crippen molar-refractivity contribution in [1.29, 1.82) is 0 Å². The highest BCUT2D eigenvalue weighted by Gasteiger charge is 2.17. The Bertz CT molecular complexity index is 487. The lowest BCUT2D eigenvalue weighted by molar-refractivity contribution is 0.520. The maximum atomic E-state index is 12.0. The third-order valence-corrected chi connectivity index (χ3v) is 5.62. The van der Waals surface area contributed by atoms with Crippen molar-refractivity contribution in [3.63, 3.8) is 0 Å². The van der Waals surface area contributed by atoms with Crippen LogP contribution in [0, 0.1) is 0 Å². The first-order valence-corrected chi connectivity index (χ1v) is 8.20. The molecule has 18 heavy (non-hydrogen) atoms. The summed E-state index contributed by atoms with van der Waals surface area (Å²) >= 11 is 1.72.